The molecule has 1 nitrogen and oxygen atoms in total. The summed E-state index contributed by atoms with van der Waals surface area (Å²) in [5.74, 6) is 1.65. The fourth-order valence-corrected chi connectivity index (χ4v) is 3.63. The molecule has 0 heterocycles. The first kappa shape index (κ1) is 13.6. The van der Waals surface area contributed by atoms with Crippen molar-refractivity contribution in [1.82, 2.24) is 0 Å². The summed E-state index contributed by atoms with van der Waals surface area (Å²) in [7, 11) is 0. The number of hydrogen-bond donors (Lipinski definition) is 0. The first-order valence-corrected chi connectivity index (χ1v) is 7.13. The highest BCUT2D eigenvalue weighted by Gasteiger charge is 2.59. The molecule has 1 aliphatic carbocycles. The van der Waals surface area contributed by atoms with E-state index in [0.29, 0.717) is 24.0 Å². The number of rotatable bonds is 5. The van der Waals surface area contributed by atoms with E-state index in [2.05, 4.69) is 26.0 Å². The lowest BCUT2D eigenvalue weighted by Crippen LogP contribution is -2.06. The predicted molar refractivity (Wildman–Crippen MR) is 76.0 cm³/mol. The molecule has 1 aromatic rings. The Balaban J connectivity index is 2.14. The topological polar surface area (TPSA) is 17.1 Å². The van der Waals surface area contributed by atoms with Crippen LogP contribution in [0.2, 0.25) is 5.02 Å². The van der Waals surface area contributed by atoms with Crippen molar-refractivity contribution in [1.29, 1.82) is 0 Å². The molecule has 0 aromatic heterocycles. The highest BCUT2D eigenvalue weighted by Crippen LogP contribution is 2.63. The van der Waals surface area contributed by atoms with Gasteiger partial charge in [-0.05, 0) is 48.3 Å². The normalized spacial score (nSPS) is 30.2. The van der Waals surface area contributed by atoms with E-state index in [-0.39, 0.29) is 5.41 Å². The number of halogens is 1. The van der Waals surface area contributed by atoms with Crippen molar-refractivity contribution in [3.8, 4) is 0 Å². The number of ketones is 1. The van der Waals surface area contributed by atoms with Crippen molar-refractivity contribution < 1.29 is 4.79 Å². The first-order valence-electron chi connectivity index (χ1n) is 6.75. The summed E-state index contributed by atoms with van der Waals surface area (Å²) in [6, 6.07) is 8.21. The molecule has 3 atom stereocenters. The molecule has 0 bridgehead atoms. The van der Waals surface area contributed by atoms with Crippen molar-refractivity contribution in [2.45, 2.75) is 45.4 Å². The third-order valence-electron chi connectivity index (χ3n) is 4.63. The fourth-order valence-electron chi connectivity index (χ4n) is 3.50. The Morgan fingerprint density at radius 1 is 1.28 bits per heavy atom. The van der Waals surface area contributed by atoms with E-state index in [1.54, 1.807) is 6.92 Å². The van der Waals surface area contributed by atoms with Gasteiger partial charge in [0, 0.05) is 11.4 Å². The molecular weight excluding hydrogens is 244 g/mol. The van der Waals surface area contributed by atoms with E-state index >= 15 is 0 Å². The molecule has 0 spiro atoms. The van der Waals surface area contributed by atoms with Gasteiger partial charge in [0.05, 0.1) is 0 Å². The molecule has 0 saturated heterocycles. The largest absolute Gasteiger partial charge is 0.300 e. The number of carbonyl (C=O) groups is 1. The first-order chi connectivity index (χ1) is 8.50. The molecule has 98 valence electrons. The van der Waals surface area contributed by atoms with Gasteiger partial charge in [-0.3, -0.25) is 0 Å². The Morgan fingerprint density at radius 2 is 1.89 bits per heavy atom. The minimum absolute atomic E-state index is 0.245. The molecule has 0 radical (unpaired) electrons. The quantitative estimate of drug-likeness (QED) is 0.758. The molecule has 1 fully saturated rings. The fraction of sp³-hybridized carbons (Fsp3) is 0.562. The van der Waals surface area contributed by atoms with E-state index in [1.807, 2.05) is 12.1 Å². The second kappa shape index (κ2) is 5.05. The van der Waals surface area contributed by atoms with Gasteiger partial charge in [-0.15, -0.1) is 0 Å². The zero-order chi connectivity index (χ0) is 13.3. The zero-order valence-corrected chi connectivity index (χ0v) is 12.1. The van der Waals surface area contributed by atoms with Gasteiger partial charge in [-0.2, -0.15) is 0 Å². The summed E-state index contributed by atoms with van der Waals surface area (Å²) in [4.78, 5) is 11.1. The second-order valence-corrected chi connectivity index (χ2v) is 6.09. The van der Waals surface area contributed by atoms with Gasteiger partial charge < -0.3 is 4.79 Å². The van der Waals surface area contributed by atoms with Gasteiger partial charge in [0.1, 0.15) is 5.78 Å². The molecule has 0 aliphatic heterocycles. The molecule has 2 rings (SSSR count). The van der Waals surface area contributed by atoms with Crippen LogP contribution in [0.5, 0.6) is 0 Å². The maximum absolute atomic E-state index is 11.1. The number of hydrogen-bond acceptors (Lipinski definition) is 1. The van der Waals surface area contributed by atoms with Crippen LogP contribution in [0.4, 0.5) is 0 Å². The van der Waals surface area contributed by atoms with Crippen LogP contribution in [0.15, 0.2) is 24.3 Å². The minimum Gasteiger partial charge on any atom is -0.300 e. The Hall–Kier alpha value is -0.820. The number of carbonyl (C=O) groups excluding carboxylic acids is 1. The van der Waals surface area contributed by atoms with Gasteiger partial charge in [-0.1, -0.05) is 44.0 Å². The lowest BCUT2D eigenvalue weighted by molar-refractivity contribution is -0.117. The monoisotopic (exact) mass is 264 g/mol. The van der Waals surface area contributed by atoms with Crippen LogP contribution in [0.3, 0.4) is 0 Å². The van der Waals surface area contributed by atoms with Crippen molar-refractivity contribution in [3.63, 3.8) is 0 Å². The van der Waals surface area contributed by atoms with Crippen molar-refractivity contribution in [2.75, 3.05) is 0 Å². The molecule has 0 amide bonds. The smallest absolute Gasteiger partial charge is 0.129 e. The summed E-state index contributed by atoms with van der Waals surface area (Å²) in [5, 5.41) is 0.788. The third-order valence-corrected chi connectivity index (χ3v) is 4.88. The summed E-state index contributed by atoms with van der Waals surface area (Å²) in [5.41, 5.74) is 1.61. The van der Waals surface area contributed by atoms with Crippen LogP contribution in [0.1, 0.15) is 45.6 Å². The SMILES string of the molecule is CC[C@@H]1[C@H](CCC(C)=O)[C@@]1(C)c1ccc(Cl)cc1. The second-order valence-electron chi connectivity index (χ2n) is 5.65. The Morgan fingerprint density at radius 3 is 2.39 bits per heavy atom. The average Bonchev–Trinajstić information content (AvgIpc) is 2.92. The Labute approximate surface area is 115 Å². The summed E-state index contributed by atoms with van der Waals surface area (Å²) < 4.78 is 0. The van der Waals surface area contributed by atoms with Gasteiger partial charge >= 0.3 is 0 Å². The molecule has 18 heavy (non-hydrogen) atoms. The minimum atomic E-state index is 0.245. The summed E-state index contributed by atoms with van der Waals surface area (Å²) in [6.07, 6.45) is 2.92. The Kier molecular flexibility index (Phi) is 3.82. The maximum atomic E-state index is 11.1. The van der Waals surface area contributed by atoms with Crippen LogP contribution < -0.4 is 0 Å². The van der Waals surface area contributed by atoms with Crippen LogP contribution in [-0.2, 0) is 10.2 Å². The lowest BCUT2D eigenvalue weighted by atomic mass is 9.92. The molecule has 2 heteroatoms. The molecule has 1 saturated carbocycles. The molecule has 0 N–H and O–H groups in total. The predicted octanol–water partition coefficient (Wildman–Crippen LogP) is 4.62. The van der Waals surface area contributed by atoms with E-state index in [1.165, 1.54) is 12.0 Å². The van der Waals surface area contributed by atoms with Crippen molar-refractivity contribution in [3.05, 3.63) is 34.9 Å². The Bertz CT molecular complexity index is 437. The van der Waals surface area contributed by atoms with Crippen LogP contribution >= 0.6 is 11.6 Å². The van der Waals surface area contributed by atoms with Gasteiger partial charge in [0.2, 0.25) is 0 Å². The van der Waals surface area contributed by atoms with Gasteiger partial charge in [0.25, 0.3) is 0 Å². The summed E-state index contributed by atoms with van der Waals surface area (Å²) >= 11 is 5.95. The third kappa shape index (κ3) is 2.33. The standard InChI is InChI=1S/C16H21ClO/c1-4-14-15(10-5-11(2)18)16(14,3)12-6-8-13(17)9-7-12/h6-9,14-15H,4-5,10H2,1-3H3/t14-,15+,16+/m1/s1. The number of benzene rings is 1. The maximum Gasteiger partial charge on any atom is 0.129 e. The zero-order valence-electron chi connectivity index (χ0n) is 11.4. The highest BCUT2D eigenvalue weighted by molar-refractivity contribution is 6.30. The van der Waals surface area contributed by atoms with E-state index in [0.717, 1.165) is 11.4 Å². The van der Waals surface area contributed by atoms with E-state index in [4.69, 9.17) is 11.6 Å². The highest BCUT2D eigenvalue weighted by atomic mass is 35.5. The molecule has 1 aliphatic rings. The number of Topliss-reactive ketones (excluding diaryl/α,β-unsaturated/α-hetero) is 1. The van der Waals surface area contributed by atoms with Gasteiger partial charge in [0.15, 0.2) is 0 Å². The molecule has 0 unspecified atom stereocenters. The van der Waals surface area contributed by atoms with E-state index in [9.17, 15) is 4.79 Å². The molecule has 1 aromatic carbocycles. The van der Waals surface area contributed by atoms with Crippen LogP contribution in [0.25, 0.3) is 0 Å². The van der Waals surface area contributed by atoms with E-state index < -0.39 is 0 Å². The lowest BCUT2D eigenvalue weighted by Gasteiger charge is -2.12. The van der Waals surface area contributed by atoms with Crippen LogP contribution in [0, 0.1) is 11.8 Å². The van der Waals surface area contributed by atoms with Crippen molar-refractivity contribution in [2.24, 2.45) is 11.8 Å². The van der Waals surface area contributed by atoms with Crippen molar-refractivity contribution >= 4 is 17.4 Å². The molecular formula is C16H21ClO. The van der Waals surface area contributed by atoms with Crippen LogP contribution in [-0.4, -0.2) is 5.78 Å². The van der Waals surface area contributed by atoms with Gasteiger partial charge in [-0.25, -0.2) is 0 Å². The summed E-state index contributed by atoms with van der Waals surface area (Å²) in [6.45, 7) is 6.25. The average molecular weight is 265 g/mol.